The van der Waals surface area contributed by atoms with Crippen LogP contribution in [0.2, 0.25) is 0 Å². The van der Waals surface area contributed by atoms with E-state index in [1.165, 1.54) is 7.11 Å². The lowest BCUT2D eigenvalue weighted by Crippen LogP contribution is -2.42. The van der Waals surface area contributed by atoms with E-state index in [1.54, 1.807) is 20.3 Å². The van der Waals surface area contributed by atoms with Gasteiger partial charge < -0.3 is 68.7 Å². The maximum Gasteiger partial charge on any atom is 0.336 e. The summed E-state index contributed by atoms with van der Waals surface area (Å²) in [6.07, 6.45) is -3.13. The smallest absolute Gasteiger partial charge is 0.336 e. The number of ether oxygens (including phenoxy) is 6. The van der Waals surface area contributed by atoms with E-state index in [9.17, 15) is 24.3 Å². The van der Waals surface area contributed by atoms with E-state index in [0.717, 1.165) is 11.1 Å². The van der Waals surface area contributed by atoms with Gasteiger partial charge in [-0.25, -0.2) is 4.79 Å². The van der Waals surface area contributed by atoms with E-state index in [-0.39, 0.29) is 31.2 Å². The molecule has 0 spiro atoms. The maximum absolute atomic E-state index is 12.7. The Bertz CT molecular complexity index is 1900. The minimum Gasteiger partial charge on any atom is -0.493 e. The molecule has 0 bridgehead atoms. The first-order chi connectivity index (χ1) is 27.3. The number of aromatic nitrogens is 3. The highest BCUT2D eigenvalue weighted by Gasteiger charge is 2.52. The molecular formula is C37H48N6O15. The number of carboxylic acids is 3. The van der Waals surface area contributed by atoms with Crippen molar-refractivity contribution in [2.24, 2.45) is 11.8 Å². The van der Waals surface area contributed by atoms with Crippen LogP contribution < -0.4 is 38.4 Å². The lowest BCUT2D eigenvalue weighted by Gasteiger charge is -2.37. The molecule has 2 aliphatic heterocycles. The zero-order valence-corrected chi connectivity index (χ0v) is 33.4. The summed E-state index contributed by atoms with van der Waals surface area (Å²) in [5.74, 6) is -2.04. The fourth-order valence-corrected chi connectivity index (χ4v) is 6.47. The fourth-order valence-electron chi connectivity index (χ4n) is 6.47. The van der Waals surface area contributed by atoms with Crippen LogP contribution in [0.4, 0.5) is 17.8 Å². The largest absolute Gasteiger partial charge is 0.493 e. The number of carbonyl (C=O) groups excluding carboxylic acids is 1. The zero-order chi connectivity index (χ0) is 43.2. The van der Waals surface area contributed by atoms with Crippen molar-refractivity contribution >= 4 is 41.7 Å². The van der Waals surface area contributed by atoms with Crippen LogP contribution >= 0.6 is 0 Å². The van der Waals surface area contributed by atoms with Gasteiger partial charge >= 0.3 is 23.9 Å². The van der Waals surface area contributed by atoms with Crippen molar-refractivity contribution in [3.8, 4) is 28.7 Å². The third kappa shape index (κ3) is 9.60. The van der Waals surface area contributed by atoms with Gasteiger partial charge in [0.25, 0.3) is 0 Å². The molecule has 0 radical (unpaired) electrons. The molecular weight excluding hydrogens is 768 g/mol. The average molecular weight is 817 g/mol. The van der Waals surface area contributed by atoms with Gasteiger partial charge in [-0.15, -0.1) is 0 Å². The fraction of sp³-hybridized carbons (Fsp3) is 0.486. The van der Waals surface area contributed by atoms with E-state index < -0.39 is 48.4 Å². The highest BCUT2D eigenvalue weighted by Crippen LogP contribution is 2.55. The number of esters is 1. The maximum atomic E-state index is 12.7. The third-order valence-corrected chi connectivity index (χ3v) is 9.28. The number of hydrogen-bond donors (Lipinski definition) is 5. The van der Waals surface area contributed by atoms with Crippen molar-refractivity contribution in [3.05, 3.63) is 41.0 Å². The molecule has 316 valence electrons. The number of carbonyl (C=O) groups is 4. The number of benzene rings is 2. The number of aliphatic hydroxyl groups excluding tert-OH is 1. The summed E-state index contributed by atoms with van der Waals surface area (Å²) in [6.45, 7) is 0.289. The van der Waals surface area contributed by atoms with Crippen molar-refractivity contribution in [1.82, 2.24) is 15.0 Å². The number of nitrogens with zero attached hydrogens (tertiary/aromatic N) is 6. The molecule has 58 heavy (non-hydrogen) atoms. The molecule has 4 atom stereocenters. The average Bonchev–Trinajstić information content (AvgIpc) is 3.79. The Hall–Kier alpha value is -6.35. The highest BCUT2D eigenvalue weighted by molar-refractivity contribution is 5.88. The van der Waals surface area contributed by atoms with E-state index >= 15 is 0 Å². The molecule has 2 aromatic carbocycles. The summed E-state index contributed by atoms with van der Waals surface area (Å²) < 4.78 is 32.9. The van der Waals surface area contributed by atoms with Gasteiger partial charge in [-0.1, -0.05) is 0 Å². The second kappa shape index (κ2) is 18.3. The molecule has 1 saturated heterocycles. The Morgan fingerprint density at radius 3 is 1.57 bits per heavy atom. The predicted octanol–water partition coefficient (Wildman–Crippen LogP) is 1.23. The second-order valence-electron chi connectivity index (χ2n) is 13.9. The van der Waals surface area contributed by atoms with Crippen LogP contribution in [0.3, 0.4) is 0 Å². The van der Waals surface area contributed by atoms with Crippen molar-refractivity contribution in [1.29, 1.82) is 0 Å². The van der Waals surface area contributed by atoms with Crippen molar-refractivity contribution in [2.75, 3.05) is 91.7 Å². The molecule has 21 nitrogen and oxygen atoms in total. The van der Waals surface area contributed by atoms with Gasteiger partial charge in [-0.05, 0) is 41.0 Å². The SMILES string of the molecule is CN(C)c1nc(N(C)C)nc(N(C)C)n1.COc1cc([C@@H]2c3cc4c(cc3[C@H](O)[C@H]3COC(=O)[C@H]23)OCO4)cc(OC)c1OC.O=C(O)CC(O)(CC(=O)O)C(=O)O. The Balaban J connectivity index is 0.000000223. The lowest BCUT2D eigenvalue weighted by atomic mass is 9.66. The molecule has 3 heterocycles. The molecule has 3 aromatic rings. The van der Waals surface area contributed by atoms with Crippen LogP contribution in [0.5, 0.6) is 28.7 Å². The standard InChI is InChI=1S/C22H22O8.C9H18N6.C6H8O7/c1-25-16-4-10(5-17(26-2)21(16)27-3)18-11-6-14-15(30-9-29-14)7-12(11)20(23)13-8-28-22(24)19(13)18;1-13(2)7-10-8(14(3)4)12-9(11-7)15(5)6;7-3(8)1-6(13,5(11)12)2-4(9)10/h4-7,13,18-20,23H,8-9H2,1-3H3;1-6H3;13H,1-2H2,(H,7,8)(H,9,10)(H,11,12)/t13-,18+,19-,20-;;/m0../s1. The number of rotatable bonds is 12. The number of fused-ring (bicyclic) bond motifs is 3. The number of hydrogen-bond acceptors (Lipinski definition) is 18. The van der Waals surface area contributed by atoms with Crippen LogP contribution in [0.15, 0.2) is 24.3 Å². The number of carboxylic acid groups (broad SMARTS) is 3. The molecule has 0 saturated carbocycles. The minimum absolute atomic E-state index is 0.123. The molecule has 3 aliphatic rings. The summed E-state index contributed by atoms with van der Waals surface area (Å²) in [4.78, 5) is 61.8. The topological polar surface area (TPSA) is 273 Å². The number of anilines is 3. The summed E-state index contributed by atoms with van der Waals surface area (Å²) in [5, 5.41) is 44.8. The lowest BCUT2D eigenvalue weighted by molar-refractivity contribution is -0.170. The van der Waals surface area contributed by atoms with Gasteiger partial charge in [-0.3, -0.25) is 14.4 Å². The molecule has 1 aliphatic carbocycles. The molecule has 5 N–H and O–H groups in total. The van der Waals surface area contributed by atoms with Crippen LogP contribution in [-0.2, 0) is 23.9 Å². The number of methoxy groups -OCH3 is 3. The molecule has 1 fully saturated rings. The van der Waals surface area contributed by atoms with E-state index in [4.69, 9.17) is 48.8 Å². The third-order valence-electron chi connectivity index (χ3n) is 9.28. The number of cyclic esters (lactones) is 1. The summed E-state index contributed by atoms with van der Waals surface area (Å²) in [6, 6.07) is 7.31. The van der Waals surface area contributed by atoms with Crippen LogP contribution in [-0.4, -0.2) is 147 Å². The van der Waals surface area contributed by atoms with Gasteiger partial charge in [0.05, 0.1) is 52.8 Å². The van der Waals surface area contributed by atoms with Gasteiger partial charge in [0.1, 0.15) is 0 Å². The first-order valence-corrected chi connectivity index (χ1v) is 17.5. The quantitative estimate of drug-likeness (QED) is 0.161. The van der Waals surface area contributed by atoms with E-state index in [0.29, 0.717) is 52.2 Å². The van der Waals surface area contributed by atoms with Gasteiger partial charge in [0, 0.05) is 54.1 Å². The first kappa shape index (κ1) is 44.4. The monoisotopic (exact) mass is 816 g/mol. The minimum atomic E-state index is -2.74. The molecule has 0 unspecified atom stereocenters. The molecule has 6 rings (SSSR count). The van der Waals surface area contributed by atoms with Crippen molar-refractivity contribution in [2.45, 2.75) is 30.5 Å². The van der Waals surface area contributed by atoms with E-state index in [2.05, 4.69) is 15.0 Å². The number of aliphatic hydroxyl groups is 2. The van der Waals surface area contributed by atoms with Gasteiger partial charge in [0.15, 0.2) is 28.6 Å². The Kier molecular flexibility index (Phi) is 14.0. The van der Waals surface area contributed by atoms with Crippen LogP contribution in [0, 0.1) is 11.8 Å². The highest BCUT2D eigenvalue weighted by atomic mass is 16.7. The van der Waals surface area contributed by atoms with Crippen molar-refractivity contribution in [3.63, 3.8) is 0 Å². The number of aliphatic carboxylic acids is 3. The predicted molar refractivity (Wildman–Crippen MR) is 203 cm³/mol. The van der Waals surface area contributed by atoms with Crippen molar-refractivity contribution < 1.29 is 73.1 Å². The van der Waals surface area contributed by atoms with Gasteiger partial charge in [0.2, 0.25) is 30.4 Å². The Labute approximate surface area is 333 Å². The normalized spacial score (nSPS) is 18.4. The van der Waals surface area contributed by atoms with E-state index in [1.807, 2.05) is 75.2 Å². The van der Waals surface area contributed by atoms with Crippen LogP contribution in [0.1, 0.15) is 41.6 Å². The summed E-state index contributed by atoms with van der Waals surface area (Å²) >= 11 is 0. The Morgan fingerprint density at radius 1 is 0.741 bits per heavy atom. The first-order valence-electron chi connectivity index (χ1n) is 17.5. The molecule has 1 aromatic heterocycles. The second-order valence-corrected chi connectivity index (χ2v) is 13.9. The summed E-state index contributed by atoms with van der Waals surface area (Å²) in [5.41, 5.74) is -0.443. The van der Waals surface area contributed by atoms with Gasteiger partial charge in [-0.2, -0.15) is 15.0 Å². The molecule has 0 amide bonds. The zero-order valence-electron chi connectivity index (χ0n) is 33.4. The molecule has 21 heteroatoms. The Morgan fingerprint density at radius 2 is 1.19 bits per heavy atom. The van der Waals surface area contributed by atoms with Crippen LogP contribution in [0.25, 0.3) is 0 Å². The summed E-state index contributed by atoms with van der Waals surface area (Å²) in [7, 11) is 16.1.